The molecule has 150 valence electrons. The van der Waals surface area contributed by atoms with Crippen molar-refractivity contribution in [3.8, 4) is 17.6 Å². The number of ether oxygens (including phenoxy) is 3. The van der Waals surface area contributed by atoms with Crippen molar-refractivity contribution in [3.63, 3.8) is 0 Å². The number of methoxy groups -OCH3 is 1. The maximum absolute atomic E-state index is 11.9. The van der Waals surface area contributed by atoms with Gasteiger partial charge in [0.25, 0.3) is 5.91 Å². The molecule has 0 radical (unpaired) electrons. The SMILES string of the molecule is COc1cc(/C=C/C(=O)OCC(=O)Nc2ccccc2C#N)ccc1OC(C)C. The first-order valence-electron chi connectivity index (χ1n) is 8.91. The van der Waals surface area contributed by atoms with Crippen LogP contribution in [0.15, 0.2) is 48.5 Å². The normalized spacial score (nSPS) is 10.4. The van der Waals surface area contributed by atoms with Gasteiger partial charge in [-0.2, -0.15) is 5.26 Å². The van der Waals surface area contributed by atoms with Crippen LogP contribution in [-0.4, -0.2) is 31.7 Å². The second kappa shape index (κ2) is 10.5. The summed E-state index contributed by atoms with van der Waals surface area (Å²) in [7, 11) is 1.54. The predicted octanol–water partition coefficient (Wildman–Crippen LogP) is 3.55. The molecule has 0 saturated heterocycles. The van der Waals surface area contributed by atoms with Crippen molar-refractivity contribution in [3.05, 3.63) is 59.7 Å². The highest BCUT2D eigenvalue weighted by molar-refractivity contribution is 5.95. The Morgan fingerprint density at radius 2 is 1.93 bits per heavy atom. The van der Waals surface area contributed by atoms with Gasteiger partial charge in [0.05, 0.1) is 24.5 Å². The van der Waals surface area contributed by atoms with Crippen LogP contribution in [0, 0.1) is 11.3 Å². The maximum Gasteiger partial charge on any atom is 0.331 e. The lowest BCUT2D eigenvalue weighted by Crippen LogP contribution is -2.20. The van der Waals surface area contributed by atoms with Gasteiger partial charge in [-0.25, -0.2) is 4.79 Å². The molecule has 2 aromatic rings. The first-order chi connectivity index (χ1) is 13.9. The zero-order valence-electron chi connectivity index (χ0n) is 16.5. The van der Waals surface area contributed by atoms with E-state index in [1.807, 2.05) is 19.9 Å². The van der Waals surface area contributed by atoms with Gasteiger partial charge in [-0.3, -0.25) is 4.79 Å². The summed E-state index contributed by atoms with van der Waals surface area (Å²) in [4.78, 5) is 23.8. The highest BCUT2D eigenvalue weighted by Gasteiger charge is 2.09. The number of rotatable bonds is 8. The molecule has 0 heterocycles. The van der Waals surface area contributed by atoms with E-state index in [0.29, 0.717) is 28.3 Å². The molecule has 29 heavy (non-hydrogen) atoms. The van der Waals surface area contributed by atoms with E-state index < -0.39 is 18.5 Å². The van der Waals surface area contributed by atoms with Crippen molar-refractivity contribution in [1.82, 2.24) is 0 Å². The minimum absolute atomic E-state index is 0.00606. The summed E-state index contributed by atoms with van der Waals surface area (Å²) in [5, 5.41) is 11.5. The molecule has 0 spiro atoms. The Kier molecular flexibility index (Phi) is 7.80. The van der Waals surface area contributed by atoms with Gasteiger partial charge in [-0.15, -0.1) is 0 Å². The number of amides is 1. The van der Waals surface area contributed by atoms with Crippen LogP contribution in [0.3, 0.4) is 0 Å². The second-order valence-electron chi connectivity index (χ2n) is 6.22. The van der Waals surface area contributed by atoms with Crippen molar-refractivity contribution in [2.45, 2.75) is 20.0 Å². The van der Waals surface area contributed by atoms with E-state index in [2.05, 4.69) is 5.32 Å². The average molecular weight is 394 g/mol. The minimum Gasteiger partial charge on any atom is -0.493 e. The number of carbonyl (C=O) groups is 2. The number of hydrogen-bond acceptors (Lipinski definition) is 6. The zero-order valence-corrected chi connectivity index (χ0v) is 16.5. The first kappa shape index (κ1) is 21.5. The highest BCUT2D eigenvalue weighted by Crippen LogP contribution is 2.29. The molecule has 0 aliphatic heterocycles. The average Bonchev–Trinajstić information content (AvgIpc) is 2.71. The predicted molar refractivity (Wildman–Crippen MR) is 109 cm³/mol. The molecule has 0 aliphatic rings. The molecular weight excluding hydrogens is 372 g/mol. The van der Waals surface area contributed by atoms with Gasteiger partial charge in [0, 0.05) is 6.08 Å². The largest absolute Gasteiger partial charge is 0.493 e. The number of esters is 1. The first-order valence-corrected chi connectivity index (χ1v) is 8.91. The smallest absolute Gasteiger partial charge is 0.331 e. The lowest BCUT2D eigenvalue weighted by Gasteiger charge is -2.13. The van der Waals surface area contributed by atoms with E-state index >= 15 is 0 Å². The van der Waals surface area contributed by atoms with Crippen molar-refractivity contribution < 1.29 is 23.8 Å². The molecule has 2 aromatic carbocycles. The number of hydrogen-bond donors (Lipinski definition) is 1. The lowest BCUT2D eigenvalue weighted by molar-refractivity contribution is -0.142. The van der Waals surface area contributed by atoms with Crippen molar-refractivity contribution in [2.24, 2.45) is 0 Å². The molecule has 0 bridgehead atoms. The highest BCUT2D eigenvalue weighted by atomic mass is 16.5. The summed E-state index contributed by atoms with van der Waals surface area (Å²) < 4.78 is 15.9. The fraction of sp³-hybridized carbons (Fsp3) is 0.227. The van der Waals surface area contributed by atoms with E-state index in [9.17, 15) is 9.59 Å². The fourth-order valence-corrected chi connectivity index (χ4v) is 2.36. The van der Waals surface area contributed by atoms with Crippen LogP contribution < -0.4 is 14.8 Å². The van der Waals surface area contributed by atoms with Crippen LogP contribution >= 0.6 is 0 Å². The minimum atomic E-state index is -0.671. The van der Waals surface area contributed by atoms with Crippen LogP contribution in [0.2, 0.25) is 0 Å². The molecule has 0 fully saturated rings. The van der Waals surface area contributed by atoms with Crippen molar-refractivity contribution >= 4 is 23.6 Å². The molecule has 0 saturated carbocycles. The topological polar surface area (TPSA) is 97.6 Å². The van der Waals surface area contributed by atoms with E-state index in [1.165, 1.54) is 13.2 Å². The van der Waals surface area contributed by atoms with Crippen LogP contribution in [0.4, 0.5) is 5.69 Å². The Labute approximate surface area is 169 Å². The lowest BCUT2D eigenvalue weighted by atomic mass is 10.2. The number of carbonyl (C=O) groups excluding carboxylic acids is 2. The standard InChI is InChI=1S/C22H22N2O5/c1-15(2)29-19-10-8-16(12-20(19)27-3)9-11-22(26)28-14-21(25)24-18-7-5-4-6-17(18)13-23/h4-12,15H,14H2,1-3H3,(H,24,25)/b11-9+. The van der Waals surface area contributed by atoms with Gasteiger partial charge in [0.2, 0.25) is 0 Å². The summed E-state index contributed by atoms with van der Waals surface area (Å²) in [5.74, 6) is -0.0530. The number of nitrogens with zero attached hydrogens (tertiary/aromatic N) is 1. The molecule has 7 heteroatoms. The number of anilines is 1. The summed E-state index contributed by atoms with van der Waals surface area (Å²) in [6.07, 6.45) is 2.77. The summed E-state index contributed by atoms with van der Waals surface area (Å²) >= 11 is 0. The quantitative estimate of drug-likeness (QED) is 0.543. The van der Waals surface area contributed by atoms with Crippen LogP contribution in [0.1, 0.15) is 25.0 Å². The van der Waals surface area contributed by atoms with Crippen molar-refractivity contribution in [1.29, 1.82) is 5.26 Å². The Morgan fingerprint density at radius 1 is 1.17 bits per heavy atom. The van der Waals surface area contributed by atoms with E-state index in [4.69, 9.17) is 19.5 Å². The van der Waals surface area contributed by atoms with Gasteiger partial charge in [-0.05, 0) is 49.8 Å². The van der Waals surface area contributed by atoms with Gasteiger partial charge in [0.1, 0.15) is 6.07 Å². The van der Waals surface area contributed by atoms with Gasteiger partial charge in [-0.1, -0.05) is 18.2 Å². The van der Waals surface area contributed by atoms with E-state index in [-0.39, 0.29) is 6.10 Å². The van der Waals surface area contributed by atoms with Gasteiger partial charge < -0.3 is 19.5 Å². The molecule has 1 amide bonds. The van der Waals surface area contributed by atoms with E-state index in [1.54, 1.807) is 48.5 Å². The molecule has 7 nitrogen and oxygen atoms in total. The third-order valence-electron chi connectivity index (χ3n) is 3.63. The fourth-order valence-electron chi connectivity index (χ4n) is 2.36. The molecule has 0 unspecified atom stereocenters. The third kappa shape index (κ3) is 6.70. The van der Waals surface area contributed by atoms with Crippen molar-refractivity contribution in [2.75, 3.05) is 19.0 Å². The molecule has 2 rings (SSSR count). The Morgan fingerprint density at radius 3 is 2.62 bits per heavy atom. The Hall–Kier alpha value is -3.79. The van der Waals surface area contributed by atoms with Crippen LogP contribution in [0.5, 0.6) is 11.5 Å². The number of nitriles is 1. The van der Waals surface area contributed by atoms with E-state index in [0.717, 1.165) is 0 Å². The monoisotopic (exact) mass is 394 g/mol. The summed E-state index contributed by atoms with van der Waals surface area (Å²) in [6, 6.07) is 13.8. The number of para-hydroxylation sites is 1. The summed E-state index contributed by atoms with van der Waals surface area (Å²) in [5.41, 5.74) is 1.40. The van der Waals surface area contributed by atoms with Gasteiger partial charge in [0.15, 0.2) is 18.1 Å². The molecule has 1 N–H and O–H groups in total. The van der Waals surface area contributed by atoms with Crippen LogP contribution in [0.25, 0.3) is 6.08 Å². The number of benzene rings is 2. The summed E-state index contributed by atoms with van der Waals surface area (Å²) in [6.45, 7) is 3.37. The molecule has 0 aromatic heterocycles. The molecule has 0 aliphatic carbocycles. The zero-order chi connectivity index (χ0) is 21.2. The number of nitrogens with one attached hydrogen (secondary N) is 1. The van der Waals surface area contributed by atoms with Gasteiger partial charge >= 0.3 is 5.97 Å². The van der Waals surface area contributed by atoms with Crippen LogP contribution in [-0.2, 0) is 14.3 Å². The maximum atomic E-state index is 11.9. The second-order valence-corrected chi connectivity index (χ2v) is 6.22. The third-order valence-corrected chi connectivity index (χ3v) is 3.63. The Balaban J connectivity index is 1.91. The molecular formula is C22H22N2O5. The Bertz CT molecular complexity index is 944. The molecule has 0 atom stereocenters.